The van der Waals surface area contributed by atoms with E-state index in [1.165, 1.54) is 161 Å². The summed E-state index contributed by atoms with van der Waals surface area (Å²) in [5, 5.41) is 3.05. The van der Waals surface area contributed by atoms with Crippen molar-refractivity contribution in [3.8, 4) is 0 Å². The molecule has 0 aromatic heterocycles. The van der Waals surface area contributed by atoms with Gasteiger partial charge < -0.3 is 28.5 Å². The Bertz CT molecular complexity index is 2050. The first kappa shape index (κ1) is 89.2. The van der Waals surface area contributed by atoms with Crippen LogP contribution in [0.3, 0.4) is 0 Å². The molecular weight excluding hydrogens is 1170 g/mol. The van der Waals surface area contributed by atoms with Crippen LogP contribution in [0.25, 0.3) is 0 Å². The SMILES string of the molecule is CC/C=C\C/C=C\C/C=C\C/C=C\C/C=C\C/C=C\CCCCCCCCCCC(=O)NC(COP(=O)([O-])OCC[N+](C)(C)C)C(/C=C/CCCCCCCCCCCCC)OC(=O)CCCCCCCCCCCCC/C=C\C/C=C\C/C=C\C/C=C\CCCCC. The van der Waals surface area contributed by atoms with Crippen LogP contribution >= 0.6 is 7.82 Å². The van der Waals surface area contributed by atoms with Crippen LogP contribution in [0.15, 0.2) is 134 Å². The van der Waals surface area contributed by atoms with Crippen molar-refractivity contribution < 1.29 is 37.3 Å². The Morgan fingerprint density at radius 2 is 0.688 bits per heavy atom. The summed E-state index contributed by atoms with van der Waals surface area (Å²) in [5.41, 5.74) is 0. The molecule has 1 N–H and O–H groups in total. The molecule has 93 heavy (non-hydrogen) atoms. The van der Waals surface area contributed by atoms with Crippen molar-refractivity contribution in [2.45, 2.75) is 341 Å². The highest BCUT2D eigenvalue weighted by Crippen LogP contribution is 2.38. The van der Waals surface area contributed by atoms with Gasteiger partial charge in [-0.15, -0.1) is 0 Å². The first-order chi connectivity index (χ1) is 45.4. The minimum atomic E-state index is -4.72. The Labute approximate surface area is 575 Å². The Hall–Kier alpha value is -3.85. The molecule has 10 heteroatoms. The minimum Gasteiger partial charge on any atom is -0.756 e. The third-order valence-corrected chi connectivity index (χ3v) is 17.5. The summed E-state index contributed by atoms with van der Waals surface area (Å²) in [6.07, 6.45) is 101. The van der Waals surface area contributed by atoms with Gasteiger partial charge >= 0.3 is 5.97 Å². The van der Waals surface area contributed by atoms with Crippen LogP contribution in [0.1, 0.15) is 329 Å². The topological polar surface area (TPSA) is 114 Å². The normalized spacial score (nSPS) is 14.2. The Morgan fingerprint density at radius 1 is 0.387 bits per heavy atom. The maximum Gasteiger partial charge on any atom is 0.306 e. The van der Waals surface area contributed by atoms with Gasteiger partial charge in [-0.1, -0.05) is 322 Å². The van der Waals surface area contributed by atoms with E-state index < -0.39 is 26.6 Å². The molecule has 0 aliphatic heterocycles. The van der Waals surface area contributed by atoms with Crippen LogP contribution in [0.2, 0.25) is 0 Å². The van der Waals surface area contributed by atoms with Crippen LogP contribution in [0, 0.1) is 0 Å². The smallest absolute Gasteiger partial charge is 0.306 e. The number of ether oxygens (including phenoxy) is 1. The first-order valence-electron chi connectivity index (χ1n) is 38.5. The summed E-state index contributed by atoms with van der Waals surface area (Å²) in [5.74, 6) is -0.553. The predicted octanol–water partition coefficient (Wildman–Crippen LogP) is 24.5. The number of phosphoric ester groups is 1. The van der Waals surface area contributed by atoms with E-state index >= 15 is 0 Å². The van der Waals surface area contributed by atoms with E-state index in [1.807, 2.05) is 33.3 Å². The van der Waals surface area contributed by atoms with Gasteiger partial charge in [0.25, 0.3) is 7.82 Å². The number of hydrogen-bond donors (Lipinski definition) is 1. The number of unbranched alkanes of at least 4 members (excludes halogenated alkanes) is 33. The monoisotopic (exact) mass is 1310 g/mol. The molecule has 0 aliphatic carbocycles. The van der Waals surface area contributed by atoms with Crippen LogP contribution in [-0.2, 0) is 27.9 Å². The number of rotatable bonds is 69. The highest BCUT2D eigenvalue weighted by Gasteiger charge is 2.27. The van der Waals surface area contributed by atoms with E-state index in [-0.39, 0.29) is 24.9 Å². The van der Waals surface area contributed by atoms with Gasteiger partial charge in [0, 0.05) is 12.8 Å². The van der Waals surface area contributed by atoms with Crippen molar-refractivity contribution in [1.29, 1.82) is 0 Å². The summed E-state index contributed by atoms with van der Waals surface area (Å²) < 4.78 is 30.5. The first-order valence-corrected chi connectivity index (χ1v) is 40.0. The molecule has 9 nitrogen and oxygen atoms in total. The van der Waals surface area contributed by atoms with Crippen molar-refractivity contribution in [3.05, 3.63) is 134 Å². The molecule has 0 fully saturated rings. The second-order valence-electron chi connectivity index (χ2n) is 26.8. The number of carbonyl (C=O) groups excluding carboxylic acids is 2. The zero-order chi connectivity index (χ0) is 67.8. The van der Waals surface area contributed by atoms with Crippen LogP contribution < -0.4 is 10.2 Å². The largest absolute Gasteiger partial charge is 0.756 e. The molecular formula is C83H145N2O7P. The van der Waals surface area contributed by atoms with Gasteiger partial charge in [0.2, 0.25) is 5.91 Å². The second kappa shape index (κ2) is 70.9. The number of hydrogen-bond acceptors (Lipinski definition) is 7. The number of nitrogens with one attached hydrogen (secondary N) is 1. The fourth-order valence-electron chi connectivity index (χ4n) is 10.7. The molecule has 0 radical (unpaired) electrons. The van der Waals surface area contributed by atoms with Gasteiger partial charge in [0.15, 0.2) is 0 Å². The van der Waals surface area contributed by atoms with Crippen molar-refractivity contribution in [2.24, 2.45) is 0 Å². The molecule has 0 saturated carbocycles. The predicted molar refractivity (Wildman–Crippen MR) is 403 cm³/mol. The van der Waals surface area contributed by atoms with E-state index in [1.54, 1.807) is 0 Å². The molecule has 0 aromatic carbocycles. The number of quaternary nitrogens is 1. The number of carbonyl (C=O) groups is 2. The van der Waals surface area contributed by atoms with Gasteiger partial charge in [-0.05, 0) is 128 Å². The summed E-state index contributed by atoms with van der Waals surface area (Å²) in [6.45, 7) is 6.71. The minimum absolute atomic E-state index is 0.0306. The average molecular weight is 1310 g/mol. The number of allylic oxidation sites excluding steroid dienone is 21. The third kappa shape index (κ3) is 72.3. The fraction of sp³-hybridized carbons (Fsp3) is 0.711. The van der Waals surface area contributed by atoms with E-state index in [4.69, 9.17) is 13.8 Å². The molecule has 3 unspecified atom stereocenters. The summed E-state index contributed by atoms with van der Waals surface area (Å²) in [6, 6.07) is -0.905. The zero-order valence-corrected chi connectivity index (χ0v) is 62.1. The Morgan fingerprint density at radius 3 is 1.05 bits per heavy atom. The Balaban J connectivity index is 5.06. The average Bonchev–Trinajstić information content (AvgIpc) is 2.31. The van der Waals surface area contributed by atoms with Crippen molar-refractivity contribution in [3.63, 3.8) is 0 Å². The highest BCUT2D eigenvalue weighted by molar-refractivity contribution is 7.45. The number of amides is 1. The van der Waals surface area contributed by atoms with E-state index in [9.17, 15) is 19.0 Å². The molecule has 534 valence electrons. The molecule has 0 spiro atoms. The molecule has 0 aromatic rings. The molecule has 0 aliphatic rings. The fourth-order valence-corrected chi connectivity index (χ4v) is 11.4. The van der Waals surface area contributed by atoms with Crippen molar-refractivity contribution >= 4 is 19.7 Å². The number of likely N-dealkylation sites (N-methyl/N-ethyl adjacent to an activating group) is 1. The highest BCUT2D eigenvalue weighted by atomic mass is 31.2. The zero-order valence-electron chi connectivity index (χ0n) is 61.2. The molecule has 1 amide bonds. The molecule has 0 heterocycles. The van der Waals surface area contributed by atoms with Gasteiger partial charge in [-0.25, -0.2) is 0 Å². The molecule has 0 rings (SSSR count). The van der Waals surface area contributed by atoms with Crippen LogP contribution in [0.5, 0.6) is 0 Å². The maximum atomic E-state index is 13.7. The maximum absolute atomic E-state index is 13.7. The molecule has 3 atom stereocenters. The number of esters is 1. The summed E-state index contributed by atoms with van der Waals surface area (Å²) in [4.78, 5) is 40.3. The van der Waals surface area contributed by atoms with E-state index in [0.29, 0.717) is 17.4 Å². The third-order valence-electron chi connectivity index (χ3n) is 16.6. The second-order valence-corrected chi connectivity index (χ2v) is 28.2. The molecule has 0 bridgehead atoms. The van der Waals surface area contributed by atoms with Crippen molar-refractivity contribution in [1.82, 2.24) is 5.32 Å². The lowest BCUT2D eigenvalue weighted by Crippen LogP contribution is -2.47. The van der Waals surface area contributed by atoms with Crippen molar-refractivity contribution in [2.75, 3.05) is 40.9 Å². The van der Waals surface area contributed by atoms with E-state index in [0.717, 1.165) is 135 Å². The summed E-state index contributed by atoms with van der Waals surface area (Å²) >= 11 is 0. The number of phosphoric acid groups is 1. The van der Waals surface area contributed by atoms with Gasteiger partial charge in [-0.2, -0.15) is 0 Å². The molecule has 0 saturated heterocycles. The Kier molecular flexibility index (Phi) is 68.0. The van der Waals surface area contributed by atoms with E-state index in [2.05, 4.69) is 148 Å². The van der Waals surface area contributed by atoms with Crippen LogP contribution in [0.4, 0.5) is 0 Å². The van der Waals surface area contributed by atoms with Crippen LogP contribution in [-0.4, -0.2) is 69.4 Å². The number of nitrogens with zero attached hydrogens (tertiary/aromatic N) is 1. The standard InChI is InChI=1S/C83H145N2O7P/c1-7-10-13-16-19-22-25-28-30-32-34-36-38-40-42-44-46-48-50-52-54-57-60-63-66-69-72-75-82(86)84-80(79-91-93(88,89)90-78-77-85(4,5)6)81(74-71-68-65-62-59-56-27-24-21-18-15-12-9-3)92-83(87)76-73-70-67-64-61-58-55-53-51-49-47-45-43-41-39-37-35-33-31-29-26-23-20-17-14-11-8-2/h10,13,19-20,22-23,28-31,34-37,40-43,46,48,71,74,80-81H,7-9,11-12,14-18,21,24-27,32-33,38-39,44-45,47,49-70,72-73,75-79H2,1-6H3,(H-,84,86,88,89)/b13-10-,22-19-,23-20-,30-28-,31-29-,36-34-,37-35-,42-40-,43-41-,48-46-,74-71+. The lowest BCUT2D eigenvalue weighted by Gasteiger charge is -2.30. The van der Waals surface area contributed by atoms with Gasteiger partial charge in [-0.3, -0.25) is 14.2 Å². The summed E-state index contributed by atoms with van der Waals surface area (Å²) in [7, 11) is 1.17. The quantitative estimate of drug-likeness (QED) is 0.0212. The lowest BCUT2D eigenvalue weighted by molar-refractivity contribution is -0.870. The van der Waals surface area contributed by atoms with Gasteiger partial charge in [0.1, 0.15) is 19.3 Å². The lowest BCUT2D eigenvalue weighted by atomic mass is 10.0. The van der Waals surface area contributed by atoms with Gasteiger partial charge in [0.05, 0.1) is 33.8 Å².